The van der Waals surface area contributed by atoms with Crippen molar-refractivity contribution in [1.82, 2.24) is 19.5 Å². The third-order valence-electron chi connectivity index (χ3n) is 8.04. The predicted octanol–water partition coefficient (Wildman–Crippen LogP) is 6.15. The van der Waals surface area contributed by atoms with E-state index in [0.29, 0.717) is 41.3 Å². The van der Waals surface area contributed by atoms with Gasteiger partial charge in [0.05, 0.1) is 24.1 Å². The topological polar surface area (TPSA) is 85.2 Å². The molecule has 8 nitrogen and oxygen atoms in total. The molecule has 0 spiro atoms. The molecule has 38 heavy (non-hydrogen) atoms. The van der Waals surface area contributed by atoms with Crippen molar-refractivity contribution in [2.75, 3.05) is 29.9 Å². The molecule has 5 rings (SSSR count). The van der Waals surface area contributed by atoms with Gasteiger partial charge in [-0.15, -0.1) is 0 Å². The predicted molar refractivity (Wildman–Crippen MR) is 154 cm³/mol. The zero-order chi connectivity index (χ0) is 26.8. The van der Waals surface area contributed by atoms with Crippen molar-refractivity contribution in [2.24, 2.45) is 5.92 Å². The fourth-order valence-electron chi connectivity index (χ4n) is 5.86. The molecule has 1 saturated heterocycles. The van der Waals surface area contributed by atoms with Gasteiger partial charge in [-0.25, -0.2) is 9.97 Å². The van der Waals surface area contributed by atoms with Crippen LogP contribution in [0.25, 0.3) is 16.8 Å². The van der Waals surface area contributed by atoms with Crippen LogP contribution >= 0.6 is 0 Å². The fraction of sp³-hybridized carbons (Fsp3) is 0.467. The van der Waals surface area contributed by atoms with E-state index in [1.54, 1.807) is 6.20 Å². The number of hydrogen-bond acceptors (Lipinski definition) is 7. The minimum atomic E-state index is -0.0945. The van der Waals surface area contributed by atoms with Crippen LogP contribution in [0.15, 0.2) is 48.1 Å². The average molecular weight is 515 g/mol. The first-order valence-electron chi connectivity index (χ1n) is 13.7. The Balaban J connectivity index is 1.43. The normalized spacial score (nSPS) is 16.7. The first-order chi connectivity index (χ1) is 18.4. The number of hydrogen-bond donors (Lipinski definition) is 1. The Kier molecular flexibility index (Phi) is 7.49. The summed E-state index contributed by atoms with van der Waals surface area (Å²) in [5.74, 6) is 2.10. The Morgan fingerprint density at radius 3 is 2.47 bits per heavy atom. The molecule has 0 bridgehead atoms. The molecular weight excluding hydrogens is 476 g/mol. The molecule has 2 fully saturated rings. The van der Waals surface area contributed by atoms with Gasteiger partial charge in [0.2, 0.25) is 5.95 Å². The summed E-state index contributed by atoms with van der Waals surface area (Å²) in [6.07, 6.45) is 10.1. The summed E-state index contributed by atoms with van der Waals surface area (Å²) in [5.41, 5.74) is 4.25. The van der Waals surface area contributed by atoms with Crippen molar-refractivity contribution in [1.29, 1.82) is 0 Å². The van der Waals surface area contributed by atoms with Crippen LogP contribution in [0.3, 0.4) is 0 Å². The molecule has 3 aromatic rings. The van der Waals surface area contributed by atoms with Crippen LogP contribution in [0.4, 0.5) is 17.5 Å². The van der Waals surface area contributed by atoms with E-state index in [-0.39, 0.29) is 11.6 Å². The average Bonchev–Trinajstić information content (AvgIpc) is 3.44. The lowest BCUT2D eigenvalue weighted by atomic mass is 9.91. The number of fused-ring (bicyclic) bond motifs is 1. The van der Waals surface area contributed by atoms with Gasteiger partial charge < -0.3 is 15.0 Å². The molecule has 200 valence electrons. The summed E-state index contributed by atoms with van der Waals surface area (Å²) in [6.45, 7) is 16.6. The number of ether oxygens (including phenoxy) is 1. The third-order valence-corrected chi connectivity index (χ3v) is 8.04. The lowest BCUT2D eigenvalue weighted by molar-refractivity contribution is 0.298. The molecule has 2 aliphatic rings. The summed E-state index contributed by atoms with van der Waals surface area (Å²) >= 11 is 0. The number of nitrogens with zero attached hydrogens (tertiary/aromatic N) is 5. The molecule has 0 amide bonds. The quantitative estimate of drug-likeness (QED) is 0.285. The van der Waals surface area contributed by atoms with E-state index in [9.17, 15) is 4.79 Å². The Labute approximate surface area is 224 Å². The van der Waals surface area contributed by atoms with Gasteiger partial charge >= 0.3 is 0 Å². The molecule has 1 saturated carbocycles. The molecule has 0 aromatic carbocycles. The van der Waals surface area contributed by atoms with E-state index < -0.39 is 0 Å². The van der Waals surface area contributed by atoms with Crippen molar-refractivity contribution in [3.63, 3.8) is 0 Å². The molecule has 0 unspecified atom stereocenters. The molecule has 0 radical (unpaired) electrons. The van der Waals surface area contributed by atoms with Crippen LogP contribution in [0.1, 0.15) is 69.5 Å². The van der Waals surface area contributed by atoms with E-state index in [4.69, 9.17) is 9.72 Å². The highest BCUT2D eigenvalue weighted by atomic mass is 16.5. The molecule has 4 heterocycles. The summed E-state index contributed by atoms with van der Waals surface area (Å²) < 4.78 is 7.49. The van der Waals surface area contributed by atoms with Gasteiger partial charge in [-0.3, -0.25) is 9.36 Å². The number of piperidine rings is 1. The number of aryl methyl sites for hydroxylation is 1. The van der Waals surface area contributed by atoms with Crippen molar-refractivity contribution in [3.8, 4) is 0 Å². The Bertz CT molecular complexity index is 1400. The highest BCUT2D eigenvalue weighted by Gasteiger charge is 2.26. The molecular formula is C30H38N6O2. The molecule has 1 aliphatic carbocycles. The summed E-state index contributed by atoms with van der Waals surface area (Å²) in [4.78, 5) is 30.2. The number of nitrogens with one attached hydrogen (secondary N) is 1. The van der Waals surface area contributed by atoms with Gasteiger partial charge in [0.25, 0.3) is 5.56 Å². The number of aromatic nitrogens is 4. The van der Waals surface area contributed by atoms with Crippen molar-refractivity contribution >= 4 is 34.2 Å². The minimum absolute atomic E-state index is 0.0945. The second-order valence-corrected chi connectivity index (χ2v) is 10.5. The first kappa shape index (κ1) is 25.9. The standard InChI is InChI=1S/C30H38N6O2/c1-6-38-21(5)27-20(4)25-18-32-30(34-28(25)36(29(27)37)23-9-7-8-10-23)33-26-12-11-24(17-31-26)35-15-13-22(14-16-35)19(2)3/h11-12,17-18,22-23H,2,5-10,13-16H2,1,3-4H3,(H,31,32,33,34). The number of rotatable bonds is 8. The Morgan fingerprint density at radius 1 is 1.11 bits per heavy atom. The van der Waals surface area contributed by atoms with Gasteiger partial charge in [0, 0.05) is 30.7 Å². The molecule has 8 heteroatoms. The lowest BCUT2D eigenvalue weighted by Crippen LogP contribution is -2.33. The zero-order valence-corrected chi connectivity index (χ0v) is 22.8. The number of anilines is 3. The molecule has 1 aliphatic heterocycles. The third kappa shape index (κ3) is 5.04. The van der Waals surface area contributed by atoms with Crippen LogP contribution in [0.2, 0.25) is 0 Å². The van der Waals surface area contributed by atoms with E-state index in [0.717, 1.165) is 68.3 Å². The summed E-state index contributed by atoms with van der Waals surface area (Å²) in [6, 6.07) is 4.15. The van der Waals surface area contributed by atoms with Gasteiger partial charge in [0.1, 0.15) is 17.2 Å². The monoisotopic (exact) mass is 514 g/mol. The van der Waals surface area contributed by atoms with Crippen molar-refractivity contribution < 1.29 is 4.74 Å². The Hall–Kier alpha value is -3.68. The second-order valence-electron chi connectivity index (χ2n) is 10.5. The van der Waals surface area contributed by atoms with Crippen LogP contribution < -0.4 is 15.8 Å². The molecule has 0 atom stereocenters. The highest BCUT2D eigenvalue weighted by molar-refractivity contribution is 5.84. The molecule has 1 N–H and O–H groups in total. The van der Waals surface area contributed by atoms with E-state index >= 15 is 0 Å². The van der Waals surface area contributed by atoms with Gasteiger partial charge in [0.15, 0.2) is 0 Å². The van der Waals surface area contributed by atoms with Crippen LogP contribution in [-0.4, -0.2) is 39.2 Å². The zero-order valence-electron chi connectivity index (χ0n) is 22.8. The van der Waals surface area contributed by atoms with E-state index in [1.807, 2.05) is 30.7 Å². The van der Waals surface area contributed by atoms with E-state index in [1.165, 1.54) is 5.57 Å². The van der Waals surface area contributed by atoms with Gasteiger partial charge in [-0.1, -0.05) is 31.6 Å². The summed E-state index contributed by atoms with van der Waals surface area (Å²) in [5, 5.41) is 4.07. The van der Waals surface area contributed by atoms with Gasteiger partial charge in [-0.2, -0.15) is 4.98 Å². The number of pyridine rings is 2. The van der Waals surface area contributed by atoms with Crippen LogP contribution in [0.5, 0.6) is 0 Å². The second kappa shape index (κ2) is 11.0. The largest absolute Gasteiger partial charge is 0.494 e. The van der Waals surface area contributed by atoms with Crippen LogP contribution in [-0.2, 0) is 4.74 Å². The van der Waals surface area contributed by atoms with Gasteiger partial charge in [-0.05, 0) is 70.1 Å². The minimum Gasteiger partial charge on any atom is -0.494 e. The fourth-order valence-corrected chi connectivity index (χ4v) is 5.86. The maximum atomic E-state index is 13.7. The maximum absolute atomic E-state index is 13.7. The molecule has 3 aromatic heterocycles. The van der Waals surface area contributed by atoms with E-state index in [2.05, 4.69) is 46.3 Å². The van der Waals surface area contributed by atoms with Crippen LogP contribution in [0, 0.1) is 12.8 Å². The van der Waals surface area contributed by atoms with Crippen molar-refractivity contribution in [2.45, 2.75) is 65.3 Å². The number of allylic oxidation sites excluding steroid dienone is 1. The van der Waals surface area contributed by atoms with Crippen molar-refractivity contribution in [3.05, 3.63) is 64.7 Å². The first-order valence-corrected chi connectivity index (χ1v) is 13.7. The lowest BCUT2D eigenvalue weighted by Gasteiger charge is -2.33. The smallest absolute Gasteiger partial charge is 0.263 e. The SMILES string of the molecule is C=C(OCC)c1c(C)c2cnc(Nc3ccc(N4CCC(C(=C)C)CC4)cn3)nc2n(C2CCCC2)c1=O. The Morgan fingerprint density at radius 2 is 1.84 bits per heavy atom. The maximum Gasteiger partial charge on any atom is 0.263 e. The summed E-state index contributed by atoms with van der Waals surface area (Å²) in [7, 11) is 0. The highest BCUT2D eigenvalue weighted by Crippen LogP contribution is 2.33.